The van der Waals surface area contributed by atoms with E-state index in [0.717, 1.165) is 46.4 Å². The van der Waals surface area contributed by atoms with Crippen LogP contribution < -0.4 is 4.74 Å². The molecule has 0 aliphatic carbocycles. The second-order valence-corrected chi connectivity index (χ2v) is 9.65. The fourth-order valence-electron chi connectivity index (χ4n) is 5.49. The van der Waals surface area contributed by atoms with Gasteiger partial charge < -0.3 is 14.7 Å². The van der Waals surface area contributed by atoms with Crippen molar-refractivity contribution in [2.45, 2.75) is 37.8 Å². The Morgan fingerprint density at radius 1 is 0.842 bits per heavy atom. The van der Waals surface area contributed by atoms with Crippen LogP contribution in [0.4, 0.5) is 0 Å². The van der Waals surface area contributed by atoms with Crippen LogP contribution in [0.1, 0.15) is 39.3 Å². The number of aliphatic carboxylic acids is 1. The molecule has 1 atom stereocenters. The Labute approximate surface area is 223 Å². The zero-order valence-electron chi connectivity index (χ0n) is 21.4. The Balaban J connectivity index is 1.52. The molecule has 1 unspecified atom stereocenters. The van der Waals surface area contributed by atoms with Gasteiger partial charge in [0.25, 0.3) is 0 Å². The van der Waals surface area contributed by atoms with E-state index in [1.807, 2.05) is 91.0 Å². The van der Waals surface area contributed by atoms with Crippen LogP contribution >= 0.6 is 0 Å². The fraction of sp³-hybridized carbons (Fsp3) is 0.212. The minimum atomic E-state index is -0.999. The average Bonchev–Trinajstić information content (AvgIpc) is 2.96. The van der Waals surface area contributed by atoms with Gasteiger partial charge in [-0.1, -0.05) is 97.1 Å². The van der Waals surface area contributed by atoms with Gasteiger partial charge in [0.2, 0.25) is 5.91 Å². The summed E-state index contributed by atoms with van der Waals surface area (Å²) in [5.74, 6) is -1.03. The molecule has 1 aliphatic rings. The van der Waals surface area contributed by atoms with E-state index in [1.54, 1.807) is 12.0 Å². The summed E-state index contributed by atoms with van der Waals surface area (Å²) in [6.07, 6.45) is 1.79. The van der Waals surface area contributed by atoms with Crippen molar-refractivity contribution in [3.05, 3.63) is 137 Å². The van der Waals surface area contributed by atoms with Crippen LogP contribution in [0.3, 0.4) is 0 Å². The van der Waals surface area contributed by atoms with Gasteiger partial charge in [-0.25, -0.2) is 4.79 Å². The number of hydrogen-bond acceptors (Lipinski definition) is 3. The van der Waals surface area contributed by atoms with Crippen molar-refractivity contribution in [3.63, 3.8) is 0 Å². The highest BCUT2D eigenvalue weighted by atomic mass is 16.5. The van der Waals surface area contributed by atoms with Crippen molar-refractivity contribution in [2.24, 2.45) is 0 Å². The van der Waals surface area contributed by atoms with Crippen LogP contribution in [0.5, 0.6) is 5.75 Å². The van der Waals surface area contributed by atoms with Crippen LogP contribution in [0.15, 0.2) is 103 Å². The van der Waals surface area contributed by atoms with E-state index in [2.05, 4.69) is 12.1 Å². The van der Waals surface area contributed by atoms with Gasteiger partial charge in [-0.3, -0.25) is 4.79 Å². The van der Waals surface area contributed by atoms with Crippen molar-refractivity contribution < 1.29 is 19.4 Å². The summed E-state index contributed by atoms with van der Waals surface area (Å²) in [6.45, 7) is 0.240. The second-order valence-electron chi connectivity index (χ2n) is 9.65. The molecule has 1 aliphatic heterocycles. The number of rotatable bonds is 8. The number of methoxy groups -OCH3 is 1. The first kappa shape index (κ1) is 25.3. The largest absolute Gasteiger partial charge is 0.496 e. The lowest BCUT2D eigenvalue weighted by Crippen LogP contribution is -2.50. The van der Waals surface area contributed by atoms with Crippen molar-refractivity contribution in [1.82, 2.24) is 4.90 Å². The molecule has 5 heteroatoms. The van der Waals surface area contributed by atoms with E-state index < -0.39 is 17.9 Å². The molecule has 192 valence electrons. The van der Waals surface area contributed by atoms with E-state index in [0.29, 0.717) is 0 Å². The van der Waals surface area contributed by atoms with E-state index >= 15 is 0 Å². The third-order valence-electron chi connectivity index (χ3n) is 7.41. The van der Waals surface area contributed by atoms with E-state index in [-0.39, 0.29) is 18.9 Å². The topological polar surface area (TPSA) is 66.8 Å². The summed E-state index contributed by atoms with van der Waals surface area (Å²) in [5, 5.41) is 10.3. The lowest BCUT2D eigenvalue weighted by Gasteiger charge is -2.38. The summed E-state index contributed by atoms with van der Waals surface area (Å²) in [7, 11) is 1.64. The maximum absolute atomic E-state index is 14.2. The normalized spacial score (nSPS) is 14.7. The van der Waals surface area contributed by atoms with Crippen LogP contribution in [0.2, 0.25) is 0 Å². The van der Waals surface area contributed by atoms with Crippen molar-refractivity contribution in [2.75, 3.05) is 7.11 Å². The molecule has 4 aromatic rings. The molecule has 0 saturated heterocycles. The summed E-state index contributed by atoms with van der Waals surface area (Å²) >= 11 is 0. The second kappa shape index (κ2) is 11.3. The fourth-order valence-corrected chi connectivity index (χ4v) is 5.49. The molecule has 1 heterocycles. The molecule has 0 bridgehead atoms. The summed E-state index contributed by atoms with van der Waals surface area (Å²) in [6, 6.07) is 32.3. The molecule has 5 rings (SSSR count). The third kappa shape index (κ3) is 5.18. The minimum absolute atomic E-state index is 0.206. The minimum Gasteiger partial charge on any atom is -0.496 e. The first-order valence-corrected chi connectivity index (χ1v) is 12.9. The molecule has 0 spiro atoms. The Kier molecular flexibility index (Phi) is 7.55. The maximum atomic E-state index is 14.2. The van der Waals surface area contributed by atoms with Gasteiger partial charge in [-0.2, -0.15) is 0 Å². The number of hydrogen-bond donors (Lipinski definition) is 1. The molecule has 5 nitrogen and oxygen atoms in total. The molecule has 1 amide bonds. The Hall–Kier alpha value is -4.38. The summed E-state index contributed by atoms with van der Waals surface area (Å²) in [4.78, 5) is 28.3. The molecular weight excluding hydrogens is 474 g/mol. The van der Waals surface area contributed by atoms with Crippen LogP contribution in [0.25, 0.3) is 0 Å². The zero-order chi connectivity index (χ0) is 26.5. The number of amides is 1. The van der Waals surface area contributed by atoms with E-state index in [9.17, 15) is 14.7 Å². The SMILES string of the molecule is COc1ccc2c(c1CCc1ccccc1)CC(C(=O)O)N(C(=O)C(c1ccccc1)c1ccccc1)C2. The molecule has 1 N–H and O–H groups in total. The van der Waals surface area contributed by atoms with E-state index in [1.165, 1.54) is 5.56 Å². The van der Waals surface area contributed by atoms with Gasteiger partial charge in [0.05, 0.1) is 13.0 Å². The molecule has 38 heavy (non-hydrogen) atoms. The predicted octanol–water partition coefficient (Wildman–Crippen LogP) is 5.65. The number of nitrogens with zero attached hydrogens (tertiary/aromatic N) is 1. The molecule has 0 saturated carbocycles. The third-order valence-corrected chi connectivity index (χ3v) is 7.41. The number of aryl methyl sites for hydroxylation is 1. The lowest BCUT2D eigenvalue weighted by molar-refractivity contribution is -0.151. The van der Waals surface area contributed by atoms with Crippen molar-refractivity contribution >= 4 is 11.9 Å². The van der Waals surface area contributed by atoms with Crippen molar-refractivity contribution in [1.29, 1.82) is 0 Å². The molecule has 0 fully saturated rings. The van der Waals surface area contributed by atoms with Gasteiger partial charge >= 0.3 is 5.97 Å². The summed E-state index contributed by atoms with van der Waals surface area (Å²) in [5.41, 5.74) is 5.87. The quantitative estimate of drug-likeness (QED) is 0.336. The highest BCUT2D eigenvalue weighted by Crippen LogP contribution is 2.36. The molecule has 0 radical (unpaired) electrons. The van der Waals surface area contributed by atoms with Crippen molar-refractivity contribution in [3.8, 4) is 5.75 Å². The number of fused-ring (bicyclic) bond motifs is 1. The number of carboxylic acid groups (broad SMARTS) is 1. The van der Waals surface area contributed by atoms with Crippen LogP contribution in [-0.4, -0.2) is 35.0 Å². The molecular formula is C33H31NO4. The van der Waals surface area contributed by atoms with Gasteiger partial charge in [0.1, 0.15) is 11.8 Å². The first-order chi connectivity index (χ1) is 18.6. The average molecular weight is 506 g/mol. The number of carbonyl (C=O) groups is 2. The standard InChI is InChI=1S/C33H31NO4/c1-38-30-20-18-26-22-34(32(35)31(24-13-7-3-8-14-24)25-15-9-4-10-16-25)29(33(36)37)21-28(26)27(30)19-17-23-11-5-2-6-12-23/h2-16,18,20,29,31H,17,19,21-22H2,1H3,(H,36,37). The number of carbonyl (C=O) groups excluding carboxylic acids is 1. The number of carboxylic acids is 1. The van der Waals surface area contributed by atoms with E-state index in [4.69, 9.17) is 4.74 Å². The van der Waals surface area contributed by atoms with Gasteiger partial charge in [-0.15, -0.1) is 0 Å². The monoisotopic (exact) mass is 505 g/mol. The summed E-state index contributed by atoms with van der Waals surface area (Å²) < 4.78 is 5.70. The number of benzene rings is 4. The predicted molar refractivity (Wildman–Crippen MR) is 147 cm³/mol. The lowest BCUT2D eigenvalue weighted by atomic mass is 9.84. The molecule has 0 aromatic heterocycles. The highest BCUT2D eigenvalue weighted by molar-refractivity contribution is 5.91. The Morgan fingerprint density at radius 2 is 1.42 bits per heavy atom. The van der Waals surface area contributed by atoms with Gasteiger partial charge in [0.15, 0.2) is 0 Å². The smallest absolute Gasteiger partial charge is 0.326 e. The number of ether oxygens (including phenoxy) is 1. The van der Waals surface area contributed by atoms with Crippen LogP contribution in [0, 0.1) is 0 Å². The van der Waals surface area contributed by atoms with Gasteiger partial charge in [-0.05, 0) is 52.3 Å². The Bertz CT molecular complexity index is 1360. The zero-order valence-corrected chi connectivity index (χ0v) is 21.4. The van der Waals surface area contributed by atoms with Gasteiger partial charge in [0, 0.05) is 13.0 Å². The first-order valence-electron chi connectivity index (χ1n) is 12.9. The van der Waals surface area contributed by atoms with Crippen LogP contribution in [-0.2, 0) is 35.4 Å². The highest BCUT2D eigenvalue weighted by Gasteiger charge is 2.39. The molecule has 4 aromatic carbocycles. The Morgan fingerprint density at radius 3 is 1.97 bits per heavy atom. The maximum Gasteiger partial charge on any atom is 0.326 e.